The van der Waals surface area contributed by atoms with Crippen molar-refractivity contribution in [3.63, 3.8) is 0 Å². The first-order valence-electron chi connectivity index (χ1n) is 8.05. The van der Waals surface area contributed by atoms with E-state index in [1.165, 1.54) is 12.1 Å². The summed E-state index contributed by atoms with van der Waals surface area (Å²) in [6.07, 6.45) is 0. The zero-order valence-electron chi connectivity index (χ0n) is 14.1. The highest BCUT2D eigenvalue weighted by Gasteiger charge is 2.59. The third-order valence-electron chi connectivity index (χ3n) is 4.68. The summed E-state index contributed by atoms with van der Waals surface area (Å²) in [5.41, 5.74) is -0.570. The van der Waals surface area contributed by atoms with Crippen molar-refractivity contribution in [3.05, 3.63) is 33.9 Å². The van der Waals surface area contributed by atoms with Gasteiger partial charge in [-0.1, -0.05) is 0 Å². The molecule has 0 amide bonds. The van der Waals surface area contributed by atoms with Crippen molar-refractivity contribution in [3.8, 4) is 5.75 Å². The highest BCUT2D eigenvalue weighted by atomic mass is 32.1. The van der Waals surface area contributed by atoms with E-state index in [0.29, 0.717) is 23.0 Å². The van der Waals surface area contributed by atoms with E-state index in [9.17, 15) is 14.9 Å². The number of rotatable bonds is 4. The molecular weight excluding hydrogens is 346 g/mol. The van der Waals surface area contributed by atoms with Gasteiger partial charge >= 0.3 is 5.97 Å². The SMILES string of the molecule is CCOC(=O)[C@H]1[C@@H]2NC(=S)N(CC)[C@@]1(C)Oc1ccc([N+](=O)[O-])cc12. The van der Waals surface area contributed by atoms with Gasteiger partial charge in [0.15, 0.2) is 10.8 Å². The van der Waals surface area contributed by atoms with Crippen molar-refractivity contribution < 1.29 is 19.2 Å². The van der Waals surface area contributed by atoms with Crippen LogP contribution in [0.15, 0.2) is 18.2 Å². The Hall–Kier alpha value is -2.42. The quantitative estimate of drug-likeness (QED) is 0.375. The number of nitro benzene ring substituents is 1. The molecule has 2 aliphatic rings. The normalized spacial score (nSPS) is 27.0. The lowest BCUT2D eigenvalue weighted by molar-refractivity contribution is -0.385. The van der Waals surface area contributed by atoms with Gasteiger partial charge in [0.1, 0.15) is 11.7 Å². The smallest absolute Gasteiger partial charge is 0.317 e. The first kappa shape index (κ1) is 17.4. The molecule has 134 valence electrons. The first-order valence-corrected chi connectivity index (χ1v) is 8.46. The second-order valence-corrected chi connectivity index (χ2v) is 6.42. The second kappa shape index (κ2) is 6.14. The zero-order chi connectivity index (χ0) is 18.4. The monoisotopic (exact) mass is 365 g/mol. The number of hydrogen-bond acceptors (Lipinski definition) is 6. The van der Waals surface area contributed by atoms with Gasteiger partial charge in [0.05, 0.1) is 17.6 Å². The number of nitrogens with one attached hydrogen (secondary N) is 1. The Morgan fingerprint density at radius 3 is 2.84 bits per heavy atom. The van der Waals surface area contributed by atoms with Crippen LogP contribution >= 0.6 is 12.2 Å². The average Bonchev–Trinajstić information content (AvgIpc) is 2.54. The van der Waals surface area contributed by atoms with Crippen LogP contribution < -0.4 is 10.1 Å². The summed E-state index contributed by atoms with van der Waals surface area (Å²) in [7, 11) is 0. The minimum absolute atomic E-state index is 0.0702. The summed E-state index contributed by atoms with van der Waals surface area (Å²) in [6, 6.07) is 3.81. The average molecular weight is 365 g/mol. The number of non-ortho nitro benzene ring substituents is 1. The number of nitrogens with zero attached hydrogens (tertiary/aromatic N) is 2. The molecule has 1 fully saturated rings. The van der Waals surface area contributed by atoms with Crippen LogP contribution in [0.5, 0.6) is 5.75 Å². The van der Waals surface area contributed by atoms with E-state index in [1.54, 1.807) is 24.8 Å². The number of nitro groups is 1. The fourth-order valence-corrected chi connectivity index (χ4v) is 4.04. The Bertz CT molecular complexity index is 755. The van der Waals surface area contributed by atoms with Crippen molar-refractivity contribution in [2.75, 3.05) is 13.2 Å². The molecule has 0 aliphatic carbocycles. The molecule has 1 aromatic carbocycles. The predicted molar refractivity (Wildman–Crippen MR) is 93.1 cm³/mol. The molecular formula is C16H19N3O5S. The molecule has 2 heterocycles. The van der Waals surface area contributed by atoms with Crippen molar-refractivity contribution >= 4 is 29.0 Å². The third-order valence-corrected chi connectivity index (χ3v) is 5.02. The number of benzene rings is 1. The Kier molecular flexibility index (Phi) is 4.28. The van der Waals surface area contributed by atoms with Gasteiger partial charge in [-0.05, 0) is 39.1 Å². The lowest BCUT2D eigenvalue weighted by Gasteiger charge is -2.55. The molecule has 0 unspecified atom stereocenters. The van der Waals surface area contributed by atoms with E-state index < -0.39 is 28.6 Å². The molecule has 8 nitrogen and oxygen atoms in total. The first-order chi connectivity index (χ1) is 11.8. The molecule has 2 bridgehead atoms. The van der Waals surface area contributed by atoms with Crippen LogP contribution in [-0.4, -0.2) is 39.8 Å². The number of carbonyl (C=O) groups is 1. The van der Waals surface area contributed by atoms with Gasteiger partial charge in [-0.2, -0.15) is 0 Å². The lowest BCUT2D eigenvalue weighted by atomic mass is 9.79. The summed E-state index contributed by atoms with van der Waals surface area (Å²) in [4.78, 5) is 25.1. The molecule has 1 aromatic rings. The van der Waals surface area contributed by atoms with Gasteiger partial charge in [-0.25, -0.2) is 0 Å². The topological polar surface area (TPSA) is 93.9 Å². The number of esters is 1. The third kappa shape index (κ3) is 2.58. The van der Waals surface area contributed by atoms with Crippen LogP contribution in [0.3, 0.4) is 0 Å². The molecule has 1 saturated heterocycles. The Balaban J connectivity index is 2.16. The number of thiocarbonyl (C=S) groups is 1. The molecule has 9 heteroatoms. The largest absolute Gasteiger partial charge is 0.467 e. The van der Waals surface area contributed by atoms with Gasteiger partial charge in [0, 0.05) is 24.2 Å². The Morgan fingerprint density at radius 2 is 2.24 bits per heavy atom. The number of hydrogen-bond donors (Lipinski definition) is 1. The summed E-state index contributed by atoms with van der Waals surface area (Å²) < 4.78 is 11.4. The van der Waals surface area contributed by atoms with Crippen molar-refractivity contribution in [1.29, 1.82) is 0 Å². The Morgan fingerprint density at radius 1 is 1.52 bits per heavy atom. The van der Waals surface area contributed by atoms with E-state index >= 15 is 0 Å². The lowest BCUT2D eigenvalue weighted by Crippen LogP contribution is -2.71. The molecule has 1 N–H and O–H groups in total. The van der Waals surface area contributed by atoms with E-state index in [4.69, 9.17) is 21.7 Å². The summed E-state index contributed by atoms with van der Waals surface area (Å²) in [5.74, 6) is -0.652. The van der Waals surface area contributed by atoms with Gasteiger partial charge in [-0.15, -0.1) is 0 Å². The van der Waals surface area contributed by atoms with Gasteiger partial charge in [-0.3, -0.25) is 14.9 Å². The fourth-order valence-electron chi connectivity index (χ4n) is 3.60. The van der Waals surface area contributed by atoms with Crippen LogP contribution in [-0.2, 0) is 9.53 Å². The maximum absolute atomic E-state index is 12.7. The van der Waals surface area contributed by atoms with Crippen molar-refractivity contribution in [2.45, 2.75) is 32.5 Å². The van der Waals surface area contributed by atoms with Crippen LogP contribution in [0.1, 0.15) is 32.4 Å². The van der Waals surface area contributed by atoms with E-state index in [0.717, 1.165) is 0 Å². The second-order valence-electron chi connectivity index (χ2n) is 6.04. The van der Waals surface area contributed by atoms with Crippen LogP contribution in [0.2, 0.25) is 0 Å². The van der Waals surface area contributed by atoms with Crippen molar-refractivity contribution in [2.24, 2.45) is 5.92 Å². The molecule has 3 atom stereocenters. The van der Waals surface area contributed by atoms with Crippen LogP contribution in [0, 0.1) is 16.0 Å². The molecule has 0 radical (unpaired) electrons. The number of fused-ring (bicyclic) bond motifs is 4. The minimum Gasteiger partial charge on any atom is -0.467 e. The van der Waals surface area contributed by atoms with E-state index in [-0.39, 0.29) is 12.3 Å². The van der Waals surface area contributed by atoms with Gasteiger partial charge in [0.2, 0.25) is 0 Å². The van der Waals surface area contributed by atoms with E-state index in [2.05, 4.69) is 5.32 Å². The fraction of sp³-hybridized carbons (Fsp3) is 0.500. The predicted octanol–water partition coefficient (Wildman–Crippen LogP) is 2.13. The molecule has 0 aromatic heterocycles. The minimum atomic E-state index is -1.03. The Labute approximate surface area is 150 Å². The molecule has 25 heavy (non-hydrogen) atoms. The number of carbonyl (C=O) groups excluding carboxylic acids is 1. The maximum Gasteiger partial charge on any atom is 0.317 e. The highest BCUT2D eigenvalue weighted by molar-refractivity contribution is 7.80. The molecule has 3 rings (SSSR count). The summed E-state index contributed by atoms with van der Waals surface area (Å²) >= 11 is 5.42. The van der Waals surface area contributed by atoms with Crippen molar-refractivity contribution in [1.82, 2.24) is 10.2 Å². The zero-order valence-corrected chi connectivity index (χ0v) is 15.0. The number of ether oxygens (including phenoxy) is 2. The van der Waals surface area contributed by atoms with Crippen LogP contribution in [0.25, 0.3) is 0 Å². The van der Waals surface area contributed by atoms with E-state index in [1.807, 2.05) is 6.92 Å². The molecule has 0 saturated carbocycles. The summed E-state index contributed by atoms with van der Waals surface area (Å²) in [6.45, 7) is 6.21. The standard InChI is InChI=1S/C16H19N3O5S/c1-4-18-15(25)17-13-10-8-9(19(21)22)6-7-11(10)24-16(18,3)12(13)14(20)23-5-2/h6-8,12-13H,4-5H2,1-3H3,(H,17,25)/t12-,13-,16+/m1/s1. The van der Waals surface area contributed by atoms with Gasteiger partial charge in [0.25, 0.3) is 5.69 Å². The highest BCUT2D eigenvalue weighted by Crippen LogP contribution is 2.49. The molecule has 0 spiro atoms. The summed E-state index contributed by atoms with van der Waals surface area (Å²) in [5, 5.41) is 14.7. The van der Waals surface area contributed by atoms with Crippen LogP contribution in [0.4, 0.5) is 5.69 Å². The maximum atomic E-state index is 12.7. The molecule has 2 aliphatic heterocycles. The van der Waals surface area contributed by atoms with Gasteiger partial charge < -0.3 is 19.7 Å².